The molecule has 3 rings (SSSR count). The second kappa shape index (κ2) is 5.21. The first-order valence-electron chi connectivity index (χ1n) is 6.74. The maximum absolute atomic E-state index is 12.6. The third-order valence-corrected chi connectivity index (χ3v) is 6.43. The Hall–Kier alpha value is -1.21. The molecule has 21 heavy (non-hydrogen) atoms. The predicted octanol–water partition coefficient (Wildman–Crippen LogP) is 2.30. The van der Waals surface area contributed by atoms with Gasteiger partial charge in [0.05, 0.1) is 17.0 Å². The van der Waals surface area contributed by atoms with Crippen molar-refractivity contribution >= 4 is 21.4 Å². The lowest BCUT2D eigenvalue weighted by Gasteiger charge is -2.18. The Kier molecular flexibility index (Phi) is 3.65. The molecule has 0 fully saturated rings. The Balaban J connectivity index is 1.95. The van der Waals surface area contributed by atoms with E-state index in [1.165, 1.54) is 11.3 Å². The molecule has 0 spiro atoms. The van der Waals surface area contributed by atoms with Gasteiger partial charge in [0.2, 0.25) is 10.0 Å². The third kappa shape index (κ3) is 2.64. The second-order valence-corrected chi connectivity index (χ2v) is 8.49. The van der Waals surface area contributed by atoms with Gasteiger partial charge in [-0.25, -0.2) is 13.1 Å². The molecule has 2 aromatic rings. The molecular formula is C15H17NO3S2. The van der Waals surface area contributed by atoms with Crippen LogP contribution in [0.3, 0.4) is 0 Å². The van der Waals surface area contributed by atoms with Crippen molar-refractivity contribution in [3.05, 3.63) is 51.2 Å². The minimum Gasteiger partial charge on any atom is -0.391 e. The second-order valence-electron chi connectivity index (χ2n) is 5.35. The average Bonchev–Trinajstić information content (AvgIpc) is 2.91. The summed E-state index contributed by atoms with van der Waals surface area (Å²) in [4.78, 5) is 2.03. The lowest BCUT2D eigenvalue weighted by Crippen LogP contribution is -2.34. The normalized spacial score (nSPS) is 21.5. The van der Waals surface area contributed by atoms with Crippen molar-refractivity contribution in [3.63, 3.8) is 0 Å². The summed E-state index contributed by atoms with van der Waals surface area (Å²) < 4.78 is 27.8. The maximum Gasteiger partial charge on any atom is 0.242 e. The molecule has 1 heterocycles. The van der Waals surface area contributed by atoms with Crippen LogP contribution < -0.4 is 4.72 Å². The summed E-state index contributed by atoms with van der Waals surface area (Å²) in [5.41, 5.74) is 1.86. The van der Waals surface area contributed by atoms with Crippen molar-refractivity contribution in [1.82, 2.24) is 4.72 Å². The smallest absolute Gasteiger partial charge is 0.242 e. The number of rotatable bonds is 3. The van der Waals surface area contributed by atoms with Crippen LogP contribution in [0.1, 0.15) is 26.9 Å². The number of thiophene rings is 1. The minimum absolute atomic E-state index is 0.307. The van der Waals surface area contributed by atoms with Crippen molar-refractivity contribution in [2.45, 2.75) is 37.3 Å². The topological polar surface area (TPSA) is 66.4 Å². The number of fused-ring (bicyclic) bond motifs is 1. The largest absolute Gasteiger partial charge is 0.391 e. The van der Waals surface area contributed by atoms with Gasteiger partial charge in [-0.2, -0.15) is 0 Å². The van der Waals surface area contributed by atoms with Crippen LogP contribution in [0.5, 0.6) is 0 Å². The summed E-state index contributed by atoms with van der Waals surface area (Å²) in [6, 6.07) is 8.64. The van der Waals surface area contributed by atoms with Crippen LogP contribution in [0.15, 0.2) is 35.2 Å². The number of aryl methyl sites for hydroxylation is 2. The summed E-state index contributed by atoms with van der Waals surface area (Å²) in [7, 11) is -3.63. The van der Waals surface area contributed by atoms with Gasteiger partial charge in [-0.1, -0.05) is 24.3 Å². The van der Waals surface area contributed by atoms with Crippen LogP contribution in [0, 0.1) is 13.8 Å². The molecule has 2 N–H and O–H groups in total. The number of hydrogen-bond acceptors (Lipinski definition) is 4. The Bertz CT molecular complexity index is 780. The van der Waals surface area contributed by atoms with Crippen LogP contribution >= 0.6 is 11.3 Å². The van der Waals surface area contributed by atoms with Crippen molar-refractivity contribution in [2.75, 3.05) is 0 Å². The lowest BCUT2D eigenvalue weighted by atomic mass is 10.1. The Labute approximate surface area is 128 Å². The van der Waals surface area contributed by atoms with E-state index in [1.807, 2.05) is 31.2 Å². The molecule has 0 bridgehead atoms. The van der Waals surface area contributed by atoms with E-state index in [4.69, 9.17) is 0 Å². The van der Waals surface area contributed by atoms with Crippen molar-refractivity contribution in [3.8, 4) is 0 Å². The van der Waals surface area contributed by atoms with Crippen LogP contribution in [0.4, 0.5) is 0 Å². The van der Waals surface area contributed by atoms with Gasteiger partial charge in [0.15, 0.2) is 0 Å². The molecule has 0 amide bonds. The fraction of sp³-hybridized carbons (Fsp3) is 0.333. The molecule has 0 unspecified atom stereocenters. The van der Waals surface area contributed by atoms with E-state index < -0.39 is 22.2 Å². The number of hydrogen-bond donors (Lipinski definition) is 2. The summed E-state index contributed by atoms with van der Waals surface area (Å²) in [6.45, 7) is 3.68. The van der Waals surface area contributed by atoms with Gasteiger partial charge in [0, 0.05) is 16.2 Å². The molecule has 0 saturated carbocycles. The standard InChI is InChI=1S/C15H17NO3S2/c1-9-7-14(10(2)20-9)21(18,19)16-15-12-6-4-3-5-11(12)8-13(15)17/h3-7,13,15-17H,8H2,1-2H3/t13-,15+/m0/s1. The zero-order chi connectivity index (χ0) is 15.2. The first kappa shape index (κ1) is 14.7. The maximum atomic E-state index is 12.6. The average molecular weight is 323 g/mol. The molecule has 6 heteroatoms. The van der Waals surface area contributed by atoms with E-state index in [0.717, 1.165) is 20.9 Å². The highest BCUT2D eigenvalue weighted by Gasteiger charge is 2.34. The van der Waals surface area contributed by atoms with E-state index >= 15 is 0 Å². The van der Waals surface area contributed by atoms with E-state index in [-0.39, 0.29) is 0 Å². The molecule has 1 aromatic carbocycles. The Morgan fingerprint density at radius 2 is 2.00 bits per heavy atom. The number of sulfonamides is 1. The molecule has 1 aliphatic carbocycles. The molecule has 1 aliphatic rings. The van der Waals surface area contributed by atoms with Crippen LogP contribution in [-0.4, -0.2) is 19.6 Å². The predicted molar refractivity (Wildman–Crippen MR) is 83.0 cm³/mol. The summed E-state index contributed by atoms with van der Waals surface area (Å²) in [5.74, 6) is 0. The zero-order valence-corrected chi connectivity index (χ0v) is 13.5. The number of aliphatic hydroxyl groups is 1. The van der Waals surface area contributed by atoms with Crippen LogP contribution in [-0.2, 0) is 16.4 Å². The SMILES string of the molecule is Cc1cc(S(=O)(=O)N[C@@H]2c3ccccc3C[C@@H]2O)c(C)s1. The fourth-order valence-electron chi connectivity index (χ4n) is 2.82. The molecule has 0 radical (unpaired) electrons. The quantitative estimate of drug-likeness (QED) is 0.911. The molecule has 0 saturated heterocycles. The highest BCUT2D eigenvalue weighted by Crippen LogP contribution is 2.33. The molecule has 0 aliphatic heterocycles. The lowest BCUT2D eigenvalue weighted by molar-refractivity contribution is 0.151. The van der Waals surface area contributed by atoms with Gasteiger partial charge in [-0.15, -0.1) is 11.3 Å². The molecular weight excluding hydrogens is 306 g/mol. The van der Waals surface area contributed by atoms with Gasteiger partial charge in [0.1, 0.15) is 0 Å². The van der Waals surface area contributed by atoms with E-state index in [0.29, 0.717) is 11.3 Å². The van der Waals surface area contributed by atoms with E-state index in [1.54, 1.807) is 13.0 Å². The first-order chi connectivity index (χ1) is 9.88. The highest BCUT2D eigenvalue weighted by molar-refractivity contribution is 7.89. The monoisotopic (exact) mass is 323 g/mol. The highest BCUT2D eigenvalue weighted by atomic mass is 32.2. The Morgan fingerprint density at radius 3 is 2.67 bits per heavy atom. The number of benzene rings is 1. The Morgan fingerprint density at radius 1 is 1.29 bits per heavy atom. The molecule has 112 valence electrons. The van der Waals surface area contributed by atoms with Gasteiger partial charge in [0.25, 0.3) is 0 Å². The van der Waals surface area contributed by atoms with Gasteiger partial charge < -0.3 is 5.11 Å². The van der Waals surface area contributed by atoms with Gasteiger partial charge >= 0.3 is 0 Å². The third-order valence-electron chi connectivity index (χ3n) is 3.77. The fourth-order valence-corrected chi connectivity index (χ4v) is 5.62. The molecule has 4 nitrogen and oxygen atoms in total. The van der Waals surface area contributed by atoms with Crippen LogP contribution in [0.2, 0.25) is 0 Å². The first-order valence-corrected chi connectivity index (χ1v) is 9.03. The van der Waals surface area contributed by atoms with Crippen molar-refractivity contribution < 1.29 is 13.5 Å². The van der Waals surface area contributed by atoms with E-state index in [9.17, 15) is 13.5 Å². The van der Waals surface area contributed by atoms with Gasteiger partial charge in [-0.05, 0) is 31.0 Å². The number of nitrogens with one attached hydrogen (secondary N) is 1. The van der Waals surface area contributed by atoms with Gasteiger partial charge in [-0.3, -0.25) is 0 Å². The molecule has 1 aromatic heterocycles. The summed E-state index contributed by atoms with van der Waals surface area (Å²) in [6.07, 6.45) is -0.248. The zero-order valence-electron chi connectivity index (χ0n) is 11.8. The van der Waals surface area contributed by atoms with Crippen molar-refractivity contribution in [1.29, 1.82) is 0 Å². The van der Waals surface area contributed by atoms with E-state index in [2.05, 4.69) is 4.72 Å². The summed E-state index contributed by atoms with van der Waals surface area (Å²) in [5, 5.41) is 10.2. The summed E-state index contributed by atoms with van der Waals surface area (Å²) >= 11 is 1.46. The van der Waals surface area contributed by atoms with Crippen molar-refractivity contribution in [2.24, 2.45) is 0 Å². The minimum atomic E-state index is -3.63. The number of aliphatic hydroxyl groups excluding tert-OH is 1. The molecule has 2 atom stereocenters. The van der Waals surface area contributed by atoms with Crippen LogP contribution in [0.25, 0.3) is 0 Å².